The van der Waals surface area contributed by atoms with Crippen LogP contribution in [-0.2, 0) is 21.7 Å². The topological polar surface area (TPSA) is 0 Å². The SMILES string of the molecule is C[Si](C)(C)[Si](CC[Si]([Si](C)(C)C)[Si](C)(C)C)[Si](C)(C)C.[Ti]. The molecule has 0 unspecified atom stereocenters. The summed E-state index contributed by atoms with van der Waals surface area (Å²) in [5, 5.41) is 0. The third-order valence-corrected chi connectivity index (χ3v) is 65.2. The first-order valence-corrected chi connectivity index (χ1v) is 29.6. The summed E-state index contributed by atoms with van der Waals surface area (Å²) in [4.78, 5) is 0. The van der Waals surface area contributed by atoms with E-state index in [-0.39, 0.29) is 37.4 Å². The van der Waals surface area contributed by atoms with Crippen molar-refractivity contribution in [2.75, 3.05) is 0 Å². The van der Waals surface area contributed by atoms with Crippen LogP contribution in [0.25, 0.3) is 0 Å². The average molecular weight is 425 g/mol. The Morgan fingerprint density at radius 1 is 0.429 bits per heavy atom. The van der Waals surface area contributed by atoms with Crippen molar-refractivity contribution < 1.29 is 21.7 Å². The third kappa shape index (κ3) is 9.17. The third-order valence-electron chi connectivity index (χ3n) is 4.25. The molecule has 0 bridgehead atoms. The minimum Gasteiger partial charge on any atom is -0.0719 e. The molecule has 0 amide bonds. The number of hydrogen-bond acceptors (Lipinski definition) is 0. The fourth-order valence-electron chi connectivity index (χ4n) is 4.00. The minimum absolute atomic E-state index is 0. The van der Waals surface area contributed by atoms with E-state index in [1.807, 2.05) is 0 Å². The Morgan fingerprint density at radius 3 is 0.667 bits per heavy atom. The van der Waals surface area contributed by atoms with Crippen LogP contribution in [0.4, 0.5) is 0 Å². The van der Waals surface area contributed by atoms with Crippen molar-refractivity contribution in [2.24, 2.45) is 0 Å². The molecule has 0 aliphatic carbocycles. The van der Waals surface area contributed by atoms with Crippen LogP contribution in [0.3, 0.4) is 0 Å². The standard InChI is InChI=1S/C14H40Si6.Ti/c1-17(2,3)15(18(4,5)6)13-14-16(19(7,8)9)20(10,11)12;/h13-14H2,1-12H3;. The van der Waals surface area contributed by atoms with Crippen LogP contribution in [-0.4, -0.2) is 46.0 Å². The van der Waals surface area contributed by atoms with Gasteiger partial charge < -0.3 is 0 Å². The van der Waals surface area contributed by atoms with Gasteiger partial charge in [0.25, 0.3) is 0 Å². The molecule has 0 rings (SSSR count). The van der Waals surface area contributed by atoms with Crippen molar-refractivity contribution in [3.05, 3.63) is 0 Å². The summed E-state index contributed by atoms with van der Waals surface area (Å²) >= 11 is 0. The number of hydrogen-bond donors (Lipinski definition) is 0. The molecular weight excluding hydrogens is 385 g/mol. The van der Waals surface area contributed by atoms with Gasteiger partial charge in [-0.2, -0.15) is 0 Å². The molecule has 0 aliphatic rings. The van der Waals surface area contributed by atoms with Gasteiger partial charge >= 0.3 is 0 Å². The molecule has 0 aliphatic heterocycles. The van der Waals surface area contributed by atoms with E-state index in [0.717, 1.165) is 0 Å². The average Bonchev–Trinajstić information content (AvgIpc) is 2.02. The second-order valence-corrected chi connectivity index (χ2v) is 59.6. The van der Waals surface area contributed by atoms with E-state index >= 15 is 0 Å². The first kappa shape index (κ1) is 25.3. The van der Waals surface area contributed by atoms with E-state index in [2.05, 4.69) is 78.6 Å². The zero-order chi connectivity index (χ0) is 16.6. The zero-order valence-corrected chi connectivity index (χ0v) is 24.5. The molecule has 2 radical (unpaired) electrons. The summed E-state index contributed by atoms with van der Waals surface area (Å²) in [5.74, 6) is 0. The maximum absolute atomic E-state index is 2.66. The van der Waals surface area contributed by atoms with Crippen molar-refractivity contribution in [1.82, 2.24) is 0 Å². The quantitative estimate of drug-likeness (QED) is 0.464. The van der Waals surface area contributed by atoms with Crippen LogP contribution >= 0.6 is 0 Å². The van der Waals surface area contributed by atoms with Gasteiger partial charge in [0.1, 0.15) is 0 Å². The van der Waals surface area contributed by atoms with Gasteiger partial charge in [0.05, 0.1) is 0 Å². The molecule has 0 fully saturated rings. The van der Waals surface area contributed by atoms with Crippen LogP contribution in [0, 0.1) is 0 Å². The molecule has 21 heavy (non-hydrogen) atoms. The molecule has 0 aromatic heterocycles. The molecule has 0 N–H and O–H groups in total. The van der Waals surface area contributed by atoms with E-state index in [1.54, 1.807) is 12.1 Å². The van der Waals surface area contributed by atoms with E-state index in [9.17, 15) is 0 Å². The van der Waals surface area contributed by atoms with Gasteiger partial charge in [0.2, 0.25) is 0 Å². The minimum atomic E-state index is -0.896. The van der Waals surface area contributed by atoms with Gasteiger partial charge in [-0.3, -0.25) is 0 Å². The Bertz CT molecular complexity index is 245. The fraction of sp³-hybridized carbons (Fsp3) is 1.00. The summed E-state index contributed by atoms with van der Waals surface area (Å²) < 4.78 is 0. The maximum Gasteiger partial charge on any atom is 0.0332 e. The van der Waals surface area contributed by atoms with Gasteiger partial charge in [0.15, 0.2) is 0 Å². The Morgan fingerprint density at radius 2 is 0.571 bits per heavy atom. The van der Waals surface area contributed by atoms with Crippen molar-refractivity contribution in [3.8, 4) is 0 Å². The van der Waals surface area contributed by atoms with Crippen molar-refractivity contribution in [3.63, 3.8) is 0 Å². The molecule has 0 saturated heterocycles. The molecule has 7 heteroatoms. The molecule has 0 nitrogen and oxygen atoms in total. The van der Waals surface area contributed by atoms with Crippen LogP contribution in [0.2, 0.25) is 90.7 Å². The van der Waals surface area contributed by atoms with Gasteiger partial charge in [0, 0.05) is 67.7 Å². The van der Waals surface area contributed by atoms with E-state index in [1.165, 1.54) is 0 Å². The fourth-order valence-corrected chi connectivity index (χ4v) is 81.0. The Kier molecular flexibility index (Phi) is 10.1. The van der Waals surface area contributed by atoms with Crippen molar-refractivity contribution >= 4 is 46.0 Å². The van der Waals surface area contributed by atoms with E-state index in [0.29, 0.717) is 0 Å². The zero-order valence-electron chi connectivity index (χ0n) is 16.9. The van der Waals surface area contributed by atoms with Crippen molar-refractivity contribution in [2.45, 2.75) is 90.7 Å². The molecule has 0 atom stereocenters. The molecule has 0 heterocycles. The second kappa shape index (κ2) is 8.40. The van der Waals surface area contributed by atoms with Crippen LogP contribution < -0.4 is 0 Å². The van der Waals surface area contributed by atoms with Crippen molar-refractivity contribution in [1.29, 1.82) is 0 Å². The summed E-state index contributed by atoms with van der Waals surface area (Å²) in [6, 6.07) is 3.36. The first-order valence-electron chi connectivity index (χ1n) is 8.21. The van der Waals surface area contributed by atoms with E-state index < -0.39 is 30.4 Å². The molecule has 124 valence electrons. The first-order chi connectivity index (χ1) is 8.47. The number of rotatable bonds is 7. The molecular formula is C14H40Si6Ti. The smallest absolute Gasteiger partial charge is 0.0332 e. The Balaban J connectivity index is 0. The Hall–Kier alpha value is 2.02. The van der Waals surface area contributed by atoms with Crippen LogP contribution in [0.15, 0.2) is 0 Å². The molecule has 0 saturated carbocycles. The van der Waals surface area contributed by atoms with Gasteiger partial charge in [-0.25, -0.2) is 0 Å². The normalized spacial score (nSPS) is 14.6. The van der Waals surface area contributed by atoms with E-state index in [4.69, 9.17) is 0 Å². The molecule has 0 spiro atoms. The summed E-state index contributed by atoms with van der Waals surface area (Å²) in [5.41, 5.74) is 0. The summed E-state index contributed by atoms with van der Waals surface area (Å²) in [7, 11) is -3.67. The second-order valence-electron chi connectivity index (χ2n) is 10.5. The monoisotopic (exact) mass is 424 g/mol. The van der Waals surface area contributed by atoms with Crippen LogP contribution in [0.5, 0.6) is 0 Å². The van der Waals surface area contributed by atoms with Gasteiger partial charge in [-0.15, -0.1) is 0 Å². The maximum atomic E-state index is 2.66. The predicted molar refractivity (Wildman–Crippen MR) is 115 cm³/mol. The Labute approximate surface area is 157 Å². The molecule has 0 aromatic carbocycles. The largest absolute Gasteiger partial charge is 0.0719 e. The molecule has 0 aromatic rings. The van der Waals surface area contributed by atoms with Crippen LogP contribution in [0.1, 0.15) is 0 Å². The summed E-state index contributed by atoms with van der Waals surface area (Å²) in [6.07, 6.45) is 0. The van der Waals surface area contributed by atoms with Gasteiger partial charge in [-0.1, -0.05) is 90.7 Å². The van der Waals surface area contributed by atoms with Gasteiger partial charge in [-0.05, 0) is 0 Å². The summed E-state index contributed by atoms with van der Waals surface area (Å²) in [6.45, 7) is 31.9. The predicted octanol–water partition coefficient (Wildman–Crippen LogP) is 5.64.